The normalized spacial score (nSPS) is 9.20. The van der Waals surface area contributed by atoms with Crippen molar-refractivity contribution in [2.24, 2.45) is 5.73 Å². The van der Waals surface area contributed by atoms with Crippen LogP contribution in [0.1, 0.15) is 9.88 Å². The standard InChI is InChI=1S/C6H7N3S/c7-2-1-6-9-4-5(3-8)10-6/h4H,1,3,8H2. The quantitative estimate of drug-likeness (QED) is 0.679. The predicted octanol–water partition coefficient (Wildman–Crippen LogP) is 0.668. The Kier molecular flexibility index (Phi) is 2.37. The van der Waals surface area contributed by atoms with E-state index < -0.39 is 0 Å². The van der Waals surface area contributed by atoms with Gasteiger partial charge in [-0.15, -0.1) is 11.3 Å². The first-order valence-corrected chi connectivity index (χ1v) is 3.69. The van der Waals surface area contributed by atoms with Crippen LogP contribution < -0.4 is 5.73 Å². The molecular weight excluding hydrogens is 146 g/mol. The highest BCUT2D eigenvalue weighted by molar-refractivity contribution is 7.11. The fourth-order valence-electron chi connectivity index (χ4n) is 0.592. The molecule has 10 heavy (non-hydrogen) atoms. The predicted molar refractivity (Wildman–Crippen MR) is 39.3 cm³/mol. The summed E-state index contributed by atoms with van der Waals surface area (Å²) in [5, 5.41) is 9.14. The van der Waals surface area contributed by atoms with Gasteiger partial charge in [-0.1, -0.05) is 0 Å². The summed E-state index contributed by atoms with van der Waals surface area (Å²) < 4.78 is 0. The number of hydrogen-bond donors (Lipinski definition) is 1. The monoisotopic (exact) mass is 153 g/mol. The molecular formula is C6H7N3S. The van der Waals surface area contributed by atoms with Crippen LogP contribution in [-0.4, -0.2) is 4.98 Å². The average Bonchev–Trinajstić information content (AvgIpc) is 2.37. The lowest BCUT2D eigenvalue weighted by Gasteiger charge is -1.81. The first-order chi connectivity index (χ1) is 4.86. The van der Waals surface area contributed by atoms with E-state index in [2.05, 4.69) is 4.98 Å². The first-order valence-electron chi connectivity index (χ1n) is 2.87. The van der Waals surface area contributed by atoms with Crippen molar-refractivity contribution in [1.82, 2.24) is 4.98 Å². The van der Waals surface area contributed by atoms with Crippen LogP contribution in [0.15, 0.2) is 6.20 Å². The SMILES string of the molecule is N#CCc1ncc(CN)s1. The van der Waals surface area contributed by atoms with E-state index in [9.17, 15) is 0 Å². The number of nitriles is 1. The van der Waals surface area contributed by atoms with Crippen molar-refractivity contribution in [1.29, 1.82) is 5.26 Å². The van der Waals surface area contributed by atoms with Gasteiger partial charge in [-0.2, -0.15) is 5.26 Å². The largest absolute Gasteiger partial charge is 0.326 e. The Hall–Kier alpha value is -0.920. The molecule has 0 aliphatic carbocycles. The second-order valence-electron chi connectivity index (χ2n) is 1.76. The molecule has 0 aliphatic rings. The van der Waals surface area contributed by atoms with Gasteiger partial charge >= 0.3 is 0 Å². The molecule has 0 unspecified atom stereocenters. The van der Waals surface area contributed by atoms with Crippen LogP contribution in [0.3, 0.4) is 0 Å². The van der Waals surface area contributed by atoms with Gasteiger partial charge in [0.25, 0.3) is 0 Å². The van der Waals surface area contributed by atoms with Gasteiger partial charge in [0.15, 0.2) is 0 Å². The van der Waals surface area contributed by atoms with E-state index in [1.165, 1.54) is 11.3 Å². The van der Waals surface area contributed by atoms with E-state index >= 15 is 0 Å². The molecule has 0 atom stereocenters. The number of nitrogens with zero attached hydrogens (tertiary/aromatic N) is 2. The van der Waals surface area contributed by atoms with Crippen molar-refractivity contribution < 1.29 is 0 Å². The third-order valence-corrected chi connectivity index (χ3v) is 2.05. The summed E-state index contributed by atoms with van der Waals surface area (Å²) in [4.78, 5) is 5.03. The Morgan fingerprint density at radius 2 is 2.60 bits per heavy atom. The molecule has 1 rings (SSSR count). The second kappa shape index (κ2) is 3.30. The molecule has 1 aromatic heterocycles. The fourth-order valence-corrected chi connectivity index (χ4v) is 1.33. The Balaban J connectivity index is 2.70. The van der Waals surface area contributed by atoms with E-state index in [-0.39, 0.29) is 0 Å². The van der Waals surface area contributed by atoms with Crippen LogP contribution in [0.25, 0.3) is 0 Å². The van der Waals surface area contributed by atoms with Gasteiger partial charge in [-0.25, -0.2) is 4.98 Å². The molecule has 3 nitrogen and oxygen atoms in total. The van der Waals surface area contributed by atoms with Crippen LogP contribution in [0.5, 0.6) is 0 Å². The van der Waals surface area contributed by atoms with Gasteiger partial charge in [-0.05, 0) is 0 Å². The molecule has 0 spiro atoms. The van der Waals surface area contributed by atoms with E-state index in [1.807, 2.05) is 6.07 Å². The highest BCUT2D eigenvalue weighted by atomic mass is 32.1. The van der Waals surface area contributed by atoms with Crippen LogP contribution in [0, 0.1) is 11.3 Å². The lowest BCUT2D eigenvalue weighted by Crippen LogP contribution is -1.91. The lowest BCUT2D eigenvalue weighted by molar-refractivity contribution is 1.09. The minimum absolute atomic E-state index is 0.394. The Bertz CT molecular complexity index is 248. The van der Waals surface area contributed by atoms with Crippen LogP contribution in [-0.2, 0) is 13.0 Å². The highest BCUT2D eigenvalue weighted by Gasteiger charge is 1.97. The van der Waals surface area contributed by atoms with Crippen molar-refractivity contribution in [2.45, 2.75) is 13.0 Å². The zero-order valence-corrected chi connectivity index (χ0v) is 6.19. The maximum absolute atomic E-state index is 8.29. The van der Waals surface area contributed by atoms with Crippen molar-refractivity contribution in [3.8, 4) is 6.07 Å². The van der Waals surface area contributed by atoms with Crippen LogP contribution in [0.4, 0.5) is 0 Å². The molecule has 2 N–H and O–H groups in total. The van der Waals surface area contributed by atoms with Gasteiger partial charge < -0.3 is 5.73 Å². The summed E-state index contributed by atoms with van der Waals surface area (Å²) >= 11 is 1.50. The van der Waals surface area contributed by atoms with E-state index in [0.717, 1.165) is 9.88 Å². The Morgan fingerprint density at radius 3 is 3.10 bits per heavy atom. The summed E-state index contributed by atoms with van der Waals surface area (Å²) in [6.45, 7) is 0.517. The molecule has 0 bridgehead atoms. The number of thiazole rings is 1. The van der Waals surface area contributed by atoms with Crippen LogP contribution >= 0.6 is 11.3 Å². The van der Waals surface area contributed by atoms with E-state index in [0.29, 0.717) is 13.0 Å². The maximum atomic E-state index is 8.29. The third kappa shape index (κ3) is 1.53. The maximum Gasteiger partial charge on any atom is 0.107 e. The summed E-state index contributed by atoms with van der Waals surface area (Å²) in [7, 11) is 0. The van der Waals surface area contributed by atoms with Crippen molar-refractivity contribution in [3.05, 3.63) is 16.1 Å². The summed E-state index contributed by atoms with van der Waals surface area (Å²) in [5.74, 6) is 0. The zero-order valence-electron chi connectivity index (χ0n) is 5.37. The number of rotatable bonds is 2. The summed E-state index contributed by atoms with van der Waals surface area (Å²) in [5.41, 5.74) is 5.35. The van der Waals surface area contributed by atoms with E-state index in [4.69, 9.17) is 11.0 Å². The molecule has 0 amide bonds. The summed E-state index contributed by atoms with van der Waals surface area (Å²) in [6.07, 6.45) is 2.11. The molecule has 1 heterocycles. The minimum Gasteiger partial charge on any atom is -0.326 e. The second-order valence-corrected chi connectivity index (χ2v) is 2.96. The minimum atomic E-state index is 0.394. The van der Waals surface area contributed by atoms with Crippen molar-refractivity contribution in [3.63, 3.8) is 0 Å². The Morgan fingerprint density at radius 1 is 1.80 bits per heavy atom. The Labute approximate surface area is 63.1 Å². The van der Waals surface area contributed by atoms with Gasteiger partial charge in [0.1, 0.15) is 5.01 Å². The molecule has 4 heteroatoms. The zero-order chi connectivity index (χ0) is 7.40. The van der Waals surface area contributed by atoms with Gasteiger partial charge in [-0.3, -0.25) is 0 Å². The molecule has 0 radical (unpaired) electrons. The lowest BCUT2D eigenvalue weighted by atomic mass is 10.5. The molecule has 0 saturated heterocycles. The number of nitrogens with two attached hydrogens (primary N) is 1. The molecule has 0 fully saturated rings. The number of aromatic nitrogens is 1. The van der Waals surface area contributed by atoms with Crippen LogP contribution in [0.2, 0.25) is 0 Å². The molecule has 0 saturated carbocycles. The number of hydrogen-bond acceptors (Lipinski definition) is 4. The first kappa shape index (κ1) is 7.19. The fraction of sp³-hybridized carbons (Fsp3) is 0.333. The van der Waals surface area contributed by atoms with E-state index in [1.54, 1.807) is 6.20 Å². The van der Waals surface area contributed by atoms with Gasteiger partial charge in [0.05, 0.1) is 12.5 Å². The third-order valence-electron chi connectivity index (χ3n) is 1.03. The average molecular weight is 153 g/mol. The van der Waals surface area contributed by atoms with Crippen molar-refractivity contribution >= 4 is 11.3 Å². The molecule has 0 aromatic carbocycles. The topological polar surface area (TPSA) is 62.7 Å². The van der Waals surface area contributed by atoms with Gasteiger partial charge in [0.2, 0.25) is 0 Å². The molecule has 1 aromatic rings. The highest BCUT2D eigenvalue weighted by Crippen LogP contribution is 2.11. The van der Waals surface area contributed by atoms with Crippen molar-refractivity contribution in [2.75, 3.05) is 0 Å². The molecule has 52 valence electrons. The van der Waals surface area contributed by atoms with Gasteiger partial charge in [0, 0.05) is 17.6 Å². The smallest absolute Gasteiger partial charge is 0.107 e. The molecule has 0 aliphatic heterocycles. The summed E-state index contributed by atoms with van der Waals surface area (Å²) in [6, 6.07) is 2.03.